The van der Waals surface area contributed by atoms with Crippen LogP contribution in [0.15, 0.2) is 44.2 Å². The minimum absolute atomic E-state index is 0.122. The van der Waals surface area contributed by atoms with Crippen molar-refractivity contribution in [2.24, 2.45) is 0 Å². The van der Waals surface area contributed by atoms with Crippen LogP contribution in [0, 0.1) is 0 Å². The molecule has 0 atom stereocenters. The molecule has 0 radical (unpaired) electrons. The molecule has 2 N–H and O–H groups in total. The lowest BCUT2D eigenvalue weighted by atomic mass is 10.2. The van der Waals surface area contributed by atoms with Gasteiger partial charge in [-0.2, -0.15) is 5.10 Å². The minimum Gasteiger partial charge on any atom is -0.394 e. The Balaban J connectivity index is 2.17. The number of aromatic nitrogens is 2. The van der Waals surface area contributed by atoms with E-state index in [1.54, 1.807) is 6.20 Å². The summed E-state index contributed by atoms with van der Waals surface area (Å²) < 4.78 is 2.63. The third kappa shape index (κ3) is 3.47. The molecule has 2 aromatic rings. The molecule has 0 aliphatic heterocycles. The monoisotopic (exact) mass is 401 g/mol. The molecule has 0 saturated carbocycles. The Kier molecular flexibility index (Phi) is 5.33. The number of nitrogens with one attached hydrogen (secondary N) is 1. The SMILES string of the molecule is O=c1c(Br)c(NCc2ccccc2Br)cnn1CCO. The van der Waals surface area contributed by atoms with Gasteiger partial charge in [-0.25, -0.2) is 4.68 Å². The van der Waals surface area contributed by atoms with Crippen LogP contribution in [0.5, 0.6) is 0 Å². The van der Waals surface area contributed by atoms with Gasteiger partial charge in [-0.15, -0.1) is 0 Å². The highest BCUT2D eigenvalue weighted by Gasteiger charge is 2.08. The molecule has 0 aliphatic carbocycles. The molecule has 7 heteroatoms. The summed E-state index contributed by atoms with van der Waals surface area (Å²) in [5.74, 6) is 0. The first kappa shape index (κ1) is 15.2. The van der Waals surface area contributed by atoms with Gasteiger partial charge < -0.3 is 10.4 Å². The van der Waals surface area contributed by atoms with Crippen molar-refractivity contribution in [1.82, 2.24) is 9.78 Å². The molecular weight excluding hydrogens is 390 g/mol. The van der Waals surface area contributed by atoms with E-state index >= 15 is 0 Å². The van der Waals surface area contributed by atoms with Crippen LogP contribution < -0.4 is 10.9 Å². The van der Waals surface area contributed by atoms with Gasteiger partial charge >= 0.3 is 0 Å². The first-order valence-electron chi connectivity index (χ1n) is 5.97. The van der Waals surface area contributed by atoms with Crippen molar-refractivity contribution in [3.63, 3.8) is 0 Å². The van der Waals surface area contributed by atoms with Gasteiger partial charge in [0.1, 0.15) is 4.47 Å². The zero-order chi connectivity index (χ0) is 14.5. The normalized spacial score (nSPS) is 10.6. The maximum absolute atomic E-state index is 12.0. The van der Waals surface area contributed by atoms with Crippen molar-refractivity contribution >= 4 is 37.5 Å². The van der Waals surface area contributed by atoms with Gasteiger partial charge in [0.05, 0.1) is 25.0 Å². The maximum atomic E-state index is 12.0. The molecule has 1 aromatic heterocycles. The summed E-state index contributed by atoms with van der Waals surface area (Å²) in [7, 11) is 0. The van der Waals surface area contributed by atoms with E-state index in [2.05, 4.69) is 42.3 Å². The highest BCUT2D eigenvalue weighted by molar-refractivity contribution is 9.10. The minimum atomic E-state index is -0.267. The van der Waals surface area contributed by atoms with E-state index in [1.807, 2.05) is 24.3 Å². The van der Waals surface area contributed by atoms with E-state index in [0.717, 1.165) is 10.0 Å². The van der Waals surface area contributed by atoms with Crippen LogP contribution in [0.2, 0.25) is 0 Å². The average molecular weight is 403 g/mol. The lowest BCUT2D eigenvalue weighted by molar-refractivity contribution is 0.266. The van der Waals surface area contributed by atoms with Crippen LogP contribution in [0.1, 0.15) is 5.56 Å². The van der Waals surface area contributed by atoms with Crippen LogP contribution in [0.4, 0.5) is 5.69 Å². The van der Waals surface area contributed by atoms with Crippen molar-refractivity contribution in [3.8, 4) is 0 Å². The number of halogens is 2. The zero-order valence-electron chi connectivity index (χ0n) is 10.5. The average Bonchev–Trinajstić information content (AvgIpc) is 2.45. The van der Waals surface area contributed by atoms with E-state index < -0.39 is 0 Å². The molecule has 0 fully saturated rings. The fourth-order valence-corrected chi connectivity index (χ4v) is 2.55. The molecule has 0 spiro atoms. The topological polar surface area (TPSA) is 67.2 Å². The largest absolute Gasteiger partial charge is 0.394 e. The Morgan fingerprint density at radius 1 is 1.30 bits per heavy atom. The molecule has 20 heavy (non-hydrogen) atoms. The molecule has 5 nitrogen and oxygen atoms in total. The summed E-state index contributed by atoms with van der Waals surface area (Å²) >= 11 is 6.74. The van der Waals surface area contributed by atoms with Crippen molar-refractivity contribution < 1.29 is 5.11 Å². The van der Waals surface area contributed by atoms with Gasteiger partial charge in [0.15, 0.2) is 0 Å². The molecule has 106 valence electrons. The fraction of sp³-hybridized carbons (Fsp3) is 0.231. The van der Waals surface area contributed by atoms with E-state index in [-0.39, 0.29) is 18.7 Å². The highest BCUT2D eigenvalue weighted by Crippen LogP contribution is 2.20. The van der Waals surface area contributed by atoms with E-state index in [9.17, 15) is 4.79 Å². The van der Waals surface area contributed by atoms with Gasteiger partial charge in [-0.05, 0) is 27.6 Å². The summed E-state index contributed by atoms with van der Waals surface area (Å²) in [5, 5.41) is 16.0. The quantitative estimate of drug-likeness (QED) is 0.805. The number of aliphatic hydroxyl groups is 1. The maximum Gasteiger partial charge on any atom is 0.283 e. The van der Waals surface area contributed by atoms with Gasteiger partial charge in [0.25, 0.3) is 5.56 Å². The summed E-state index contributed by atoms with van der Waals surface area (Å²) in [4.78, 5) is 12.0. The van der Waals surface area contributed by atoms with Gasteiger partial charge in [-0.1, -0.05) is 34.1 Å². The summed E-state index contributed by atoms with van der Waals surface area (Å²) in [6.07, 6.45) is 1.57. The van der Waals surface area contributed by atoms with Crippen LogP contribution in [0.3, 0.4) is 0 Å². The lowest BCUT2D eigenvalue weighted by Gasteiger charge is -2.10. The molecule has 1 heterocycles. The fourth-order valence-electron chi connectivity index (χ4n) is 1.67. The van der Waals surface area contributed by atoms with Crippen LogP contribution >= 0.6 is 31.9 Å². The highest BCUT2D eigenvalue weighted by atomic mass is 79.9. The predicted octanol–water partition coefficient (Wildman–Crippen LogP) is 2.37. The molecule has 1 aromatic carbocycles. The van der Waals surface area contributed by atoms with Crippen molar-refractivity contribution in [1.29, 1.82) is 0 Å². The first-order chi connectivity index (χ1) is 9.63. The molecule has 2 rings (SSSR count). The number of benzene rings is 1. The molecule has 0 aliphatic rings. The third-order valence-corrected chi connectivity index (χ3v) is 4.26. The Labute approximate surface area is 132 Å². The van der Waals surface area contributed by atoms with E-state index in [1.165, 1.54) is 4.68 Å². The summed E-state index contributed by atoms with van der Waals surface area (Å²) in [5.41, 5.74) is 1.44. The second kappa shape index (κ2) is 7.01. The summed E-state index contributed by atoms with van der Waals surface area (Å²) in [6, 6.07) is 7.85. The second-order valence-electron chi connectivity index (χ2n) is 4.07. The molecule has 0 unspecified atom stereocenters. The molecule has 0 saturated heterocycles. The van der Waals surface area contributed by atoms with E-state index in [4.69, 9.17) is 5.11 Å². The van der Waals surface area contributed by atoms with E-state index in [0.29, 0.717) is 16.7 Å². The van der Waals surface area contributed by atoms with Crippen molar-refractivity contribution in [2.75, 3.05) is 11.9 Å². The van der Waals surface area contributed by atoms with Crippen LogP contribution in [-0.2, 0) is 13.1 Å². The Morgan fingerprint density at radius 3 is 2.75 bits per heavy atom. The van der Waals surface area contributed by atoms with Gasteiger partial charge in [0, 0.05) is 11.0 Å². The lowest BCUT2D eigenvalue weighted by Crippen LogP contribution is -2.25. The Morgan fingerprint density at radius 2 is 2.05 bits per heavy atom. The number of hydrogen-bond acceptors (Lipinski definition) is 4. The Hall–Kier alpha value is -1.18. The number of anilines is 1. The van der Waals surface area contributed by atoms with Gasteiger partial charge in [-0.3, -0.25) is 4.79 Å². The Bertz CT molecular complexity index is 658. The number of rotatable bonds is 5. The van der Waals surface area contributed by atoms with Crippen molar-refractivity contribution in [2.45, 2.75) is 13.1 Å². The zero-order valence-corrected chi connectivity index (χ0v) is 13.7. The van der Waals surface area contributed by atoms with Crippen LogP contribution in [-0.4, -0.2) is 21.5 Å². The smallest absolute Gasteiger partial charge is 0.283 e. The number of nitrogens with zero attached hydrogens (tertiary/aromatic N) is 2. The summed E-state index contributed by atoms with van der Waals surface area (Å²) in [6.45, 7) is 0.635. The second-order valence-corrected chi connectivity index (χ2v) is 5.72. The van der Waals surface area contributed by atoms with Crippen LogP contribution in [0.25, 0.3) is 0 Å². The van der Waals surface area contributed by atoms with Gasteiger partial charge in [0.2, 0.25) is 0 Å². The number of hydrogen-bond donors (Lipinski definition) is 2. The predicted molar refractivity (Wildman–Crippen MR) is 84.8 cm³/mol. The standard InChI is InChI=1S/C13H13Br2N3O2/c14-10-4-2-1-3-9(10)7-16-11-8-17-18(5-6-19)13(20)12(11)15/h1-4,8,16,19H,5-7H2. The third-order valence-electron chi connectivity index (χ3n) is 2.72. The number of aliphatic hydroxyl groups excluding tert-OH is 1. The molecular formula is C13H13Br2N3O2. The molecule has 0 amide bonds. The molecule has 0 bridgehead atoms. The van der Waals surface area contributed by atoms with Crippen molar-refractivity contribution in [3.05, 3.63) is 55.3 Å². The first-order valence-corrected chi connectivity index (χ1v) is 7.56.